The molecule has 0 fully saturated rings. The summed E-state index contributed by atoms with van der Waals surface area (Å²) in [6, 6.07) is 0. The SMILES string of the molecule is Cc1[nH]nc2c1CN(C(=O)CC(F)(F)F)CCC2. The van der Waals surface area contributed by atoms with Crippen LogP contribution in [0.5, 0.6) is 0 Å². The number of halogens is 3. The highest BCUT2D eigenvalue weighted by atomic mass is 19.4. The van der Waals surface area contributed by atoms with E-state index in [-0.39, 0.29) is 6.54 Å². The van der Waals surface area contributed by atoms with Crippen LogP contribution in [-0.2, 0) is 17.8 Å². The Bertz CT molecular complexity index is 453. The number of fused-ring (bicyclic) bond motifs is 1. The molecule has 1 amide bonds. The number of carbonyl (C=O) groups is 1. The number of alkyl halides is 3. The van der Waals surface area contributed by atoms with E-state index < -0.39 is 18.5 Å². The number of rotatable bonds is 1. The Morgan fingerprint density at radius 2 is 2.22 bits per heavy atom. The van der Waals surface area contributed by atoms with Gasteiger partial charge in [0, 0.05) is 24.3 Å². The van der Waals surface area contributed by atoms with E-state index in [9.17, 15) is 18.0 Å². The number of aromatic amines is 1. The average molecular weight is 261 g/mol. The van der Waals surface area contributed by atoms with Gasteiger partial charge in [-0.05, 0) is 19.8 Å². The predicted octanol–water partition coefficient (Wildman–Crippen LogP) is 1.95. The van der Waals surface area contributed by atoms with Crippen LogP contribution in [0.15, 0.2) is 0 Å². The monoisotopic (exact) mass is 261 g/mol. The van der Waals surface area contributed by atoms with Gasteiger partial charge in [0.1, 0.15) is 6.42 Å². The Morgan fingerprint density at radius 3 is 2.89 bits per heavy atom. The van der Waals surface area contributed by atoms with Crippen LogP contribution in [0.25, 0.3) is 0 Å². The van der Waals surface area contributed by atoms with E-state index in [0.717, 1.165) is 17.0 Å². The van der Waals surface area contributed by atoms with Crippen molar-refractivity contribution in [2.24, 2.45) is 0 Å². The summed E-state index contributed by atoms with van der Waals surface area (Å²) in [5, 5.41) is 6.90. The average Bonchev–Trinajstić information content (AvgIpc) is 2.49. The molecule has 0 aromatic carbocycles. The van der Waals surface area contributed by atoms with Crippen molar-refractivity contribution in [1.29, 1.82) is 0 Å². The molecule has 0 bridgehead atoms. The number of aryl methyl sites for hydroxylation is 2. The standard InChI is InChI=1S/C11H14F3N3O/c1-7-8-6-17(10(18)5-11(12,13)14)4-2-3-9(8)16-15-7/h2-6H2,1H3,(H,15,16). The van der Waals surface area contributed by atoms with Gasteiger partial charge in [0.15, 0.2) is 0 Å². The van der Waals surface area contributed by atoms with Gasteiger partial charge in [-0.1, -0.05) is 0 Å². The maximum absolute atomic E-state index is 12.2. The molecule has 1 aromatic rings. The summed E-state index contributed by atoms with van der Waals surface area (Å²) in [4.78, 5) is 12.9. The van der Waals surface area contributed by atoms with E-state index in [1.165, 1.54) is 4.90 Å². The largest absolute Gasteiger partial charge is 0.397 e. The lowest BCUT2D eigenvalue weighted by atomic mass is 10.1. The first kappa shape index (κ1) is 12.9. The molecule has 0 unspecified atom stereocenters. The normalized spacial score (nSPS) is 16.3. The van der Waals surface area contributed by atoms with E-state index in [2.05, 4.69) is 10.2 Å². The van der Waals surface area contributed by atoms with Crippen LogP contribution in [0.4, 0.5) is 13.2 Å². The summed E-state index contributed by atoms with van der Waals surface area (Å²) in [6.07, 6.45) is -4.51. The summed E-state index contributed by atoms with van der Waals surface area (Å²) in [6.45, 7) is 2.38. The zero-order valence-electron chi connectivity index (χ0n) is 9.97. The van der Waals surface area contributed by atoms with Gasteiger partial charge < -0.3 is 4.90 Å². The van der Waals surface area contributed by atoms with Crippen LogP contribution >= 0.6 is 0 Å². The number of carbonyl (C=O) groups excluding carboxylic acids is 1. The third kappa shape index (κ3) is 2.83. The van der Waals surface area contributed by atoms with Crippen LogP contribution in [0.2, 0.25) is 0 Å². The molecule has 2 heterocycles. The topological polar surface area (TPSA) is 49.0 Å². The molecule has 4 nitrogen and oxygen atoms in total. The lowest BCUT2D eigenvalue weighted by molar-refractivity contribution is -0.161. The lowest BCUT2D eigenvalue weighted by Crippen LogP contribution is -2.34. The zero-order valence-corrected chi connectivity index (χ0v) is 9.97. The molecule has 100 valence electrons. The molecule has 0 aliphatic carbocycles. The first-order chi connectivity index (χ1) is 8.37. The van der Waals surface area contributed by atoms with Crippen LogP contribution in [0.3, 0.4) is 0 Å². The minimum Gasteiger partial charge on any atom is -0.338 e. The Morgan fingerprint density at radius 1 is 1.50 bits per heavy atom. The Labute approximate surface area is 102 Å². The lowest BCUT2D eigenvalue weighted by Gasteiger charge is -2.21. The summed E-state index contributed by atoms with van der Waals surface area (Å²) >= 11 is 0. The van der Waals surface area contributed by atoms with Crippen molar-refractivity contribution in [1.82, 2.24) is 15.1 Å². The van der Waals surface area contributed by atoms with Crippen molar-refractivity contribution in [3.05, 3.63) is 17.0 Å². The quantitative estimate of drug-likeness (QED) is 0.840. The number of hydrogen-bond acceptors (Lipinski definition) is 2. The molecule has 0 saturated heterocycles. The van der Waals surface area contributed by atoms with E-state index in [4.69, 9.17) is 0 Å². The summed E-state index contributed by atoms with van der Waals surface area (Å²) in [5.41, 5.74) is 2.52. The second-order valence-corrected chi connectivity index (χ2v) is 4.48. The van der Waals surface area contributed by atoms with Crippen LogP contribution in [0, 0.1) is 6.92 Å². The number of amides is 1. The fourth-order valence-corrected chi connectivity index (χ4v) is 2.12. The Balaban J connectivity index is 2.12. The molecule has 0 radical (unpaired) electrons. The van der Waals surface area contributed by atoms with E-state index in [1.807, 2.05) is 6.92 Å². The highest BCUT2D eigenvalue weighted by Crippen LogP contribution is 2.24. The molecule has 0 saturated carbocycles. The maximum atomic E-state index is 12.2. The van der Waals surface area contributed by atoms with Crippen LogP contribution in [-0.4, -0.2) is 33.7 Å². The molecule has 7 heteroatoms. The molecule has 1 N–H and O–H groups in total. The fourth-order valence-electron chi connectivity index (χ4n) is 2.12. The number of nitrogens with zero attached hydrogens (tertiary/aromatic N) is 2. The van der Waals surface area contributed by atoms with Gasteiger partial charge >= 0.3 is 6.18 Å². The number of nitrogens with one attached hydrogen (secondary N) is 1. The Hall–Kier alpha value is -1.53. The van der Waals surface area contributed by atoms with E-state index >= 15 is 0 Å². The third-order valence-corrected chi connectivity index (χ3v) is 3.05. The highest BCUT2D eigenvalue weighted by molar-refractivity contribution is 5.77. The number of aromatic nitrogens is 2. The van der Waals surface area contributed by atoms with Gasteiger partial charge in [0.2, 0.25) is 5.91 Å². The number of hydrogen-bond donors (Lipinski definition) is 1. The third-order valence-electron chi connectivity index (χ3n) is 3.05. The molecule has 1 aliphatic rings. The number of H-pyrrole nitrogens is 1. The molecule has 1 aromatic heterocycles. The van der Waals surface area contributed by atoms with Gasteiger partial charge in [-0.25, -0.2) is 0 Å². The second kappa shape index (κ2) is 4.62. The zero-order chi connectivity index (χ0) is 13.3. The van der Waals surface area contributed by atoms with Gasteiger partial charge in [0.25, 0.3) is 0 Å². The minimum absolute atomic E-state index is 0.215. The van der Waals surface area contributed by atoms with Crippen molar-refractivity contribution in [2.75, 3.05) is 6.54 Å². The first-order valence-electron chi connectivity index (χ1n) is 5.74. The summed E-state index contributed by atoms with van der Waals surface area (Å²) < 4.78 is 36.6. The highest BCUT2D eigenvalue weighted by Gasteiger charge is 2.34. The molecule has 0 spiro atoms. The van der Waals surface area contributed by atoms with Gasteiger partial charge in [-0.2, -0.15) is 18.3 Å². The van der Waals surface area contributed by atoms with Crippen LogP contribution < -0.4 is 0 Å². The van der Waals surface area contributed by atoms with Crippen molar-refractivity contribution in [3.63, 3.8) is 0 Å². The van der Waals surface area contributed by atoms with E-state index in [1.54, 1.807) is 0 Å². The summed E-state index contributed by atoms with van der Waals surface area (Å²) in [7, 11) is 0. The maximum Gasteiger partial charge on any atom is 0.397 e. The minimum atomic E-state index is -4.45. The predicted molar refractivity (Wildman–Crippen MR) is 57.7 cm³/mol. The van der Waals surface area contributed by atoms with Gasteiger partial charge in [0.05, 0.1) is 5.69 Å². The second-order valence-electron chi connectivity index (χ2n) is 4.48. The summed E-state index contributed by atoms with van der Waals surface area (Å²) in [5.74, 6) is -0.865. The van der Waals surface area contributed by atoms with E-state index in [0.29, 0.717) is 19.4 Å². The Kier molecular flexibility index (Phi) is 3.32. The van der Waals surface area contributed by atoms with Gasteiger partial charge in [-0.3, -0.25) is 9.89 Å². The first-order valence-corrected chi connectivity index (χ1v) is 5.74. The van der Waals surface area contributed by atoms with Crippen LogP contribution in [0.1, 0.15) is 29.8 Å². The fraction of sp³-hybridized carbons (Fsp3) is 0.636. The molecule has 1 aliphatic heterocycles. The van der Waals surface area contributed by atoms with Crippen molar-refractivity contribution < 1.29 is 18.0 Å². The van der Waals surface area contributed by atoms with Crippen molar-refractivity contribution in [2.45, 2.75) is 38.9 Å². The molecule has 0 atom stereocenters. The molecular formula is C11H14F3N3O. The molecule has 2 rings (SSSR count). The molecular weight excluding hydrogens is 247 g/mol. The van der Waals surface area contributed by atoms with Gasteiger partial charge in [-0.15, -0.1) is 0 Å². The smallest absolute Gasteiger partial charge is 0.338 e. The van der Waals surface area contributed by atoms with Crippen molar-refractivity contribution >= 4 is 5.91 Å². The molecule has 18 heavy (non-hydrogen) atoms. The van der Waals surface area contributed by atoms with Crippen molar-refractivity contribution in [3.8, 4) is 0 Å².